The van der Waals surface area contributed by atoms with E-state index in [1.807, 2.05) is 18.2 Å². The minimum atomic E-state index is -3.60. The first-order valence-electron chi connectivity index (χ1n) is 6.17. The molecule has 1 aromatic heterocycles. The summed E-state index contributed by atoms with van der Waals surface area (Å²) in [6, 6.07) is 9.02. The quantitative estimate of drug-likeness (QED) is 0.863. The van der Waals surface area contributed by atoms with Crippen molar-refractivity contribution >= 4 is 15.7 Å². The van der Waals surface area contributed by atoms with E-state index in [1.165, 1.54) is 11.6 Å². The van der Waals surface area contributed by atoms with Gasteiger partial charge in [-0.25, -0.2) is 13.1 Å². The largest absolute Gasteiger partial charge is 0.571 e. The van der Waals surface area contributed by atoms with Gasteiger partial charge >= 0.3 is 0 Å². The fourth-order valence-corrected chi connectivity index (χ4v) is 2.48. The van der Waals surface area contributed by atoms with E-state index in [4.69, 9.17) is 0 Å². The lowest BCUT2D eigenvalue weighted by Gasteiger charge is -2.18. The lowest BCUT2D eigenvalue weighted by atomic mass is 10.3. The zero-order valence-electron chi connectivity index (χ0n) is 11.6. The van der Waals surface area contributed by atoms with Crippen molar-refractivity contribution in [2.75, 3.05) is 5.75 Å². The highest BCUT2D eigenvalue weighted by Crippen LogP contribution is 2.24. The van der Waals surface area contributed by atoms with Crippen molar-refractivity contribution < 1.29 is 8.42 Å². The minimum Gasteiger partial charge on any atom is -0.571 e. The average Bonchev–Trinajstić information content (AvgIpc) is 2.64. The Morgan fingerprint density at radius 1 is 1.20 bits per heavy atom. The average molecular weight is 294 g/mol. The number of rotatable bonds is 4. The first-order chi connectivity index (χ1) is 9.37. The molecule has 0 N–H and O–H groups in total. The molecule has 0 amide bonds. The van der Waals surface area contributed by atoms with Crippen molar-refractivity contribution in [1.29, 1.82) is 0 Å². The normalized spacial score (nSPS) is 11.6. The molecule has 0 radical (unpaired) electrons. The van der Waals surface area contributed by atoms with Crippen LogP contribution in [0.25, 0.3) is 10.4 Å². The third-order valence-electron chi connectivity index (χ3n) is 3.12. The standard InChI is InChI=1S/C13H16N3O3S/c1-4-20(18,19)14-12-10(2)15(3)16(13(12)17)11-8-6-5-7-9-11/h5-9H,4H2,1-3H3/q-1. The number of aromatic nitrogens is 2. The number of nitrogens with zero attached hydrogens (tertiary/aromatic N) is 3. The van der Waals surface area contributed by atoms with Crippen LogP contribution in [0.1, 0.15) is 12.6 Å². The SMILES string of the molecule is CCS(=O)(=O)[N-]c1c(C)n(C)n(-c2ccccc2)c1=O. The van der Waals surface area contributed by atoms with Crippen molar-refractivity contribution in [2.24, 2.45) is 7.05 Å². The van der Waals surface area contributed by atoms with Crippen LogP contribution in [0, 0.1) is 6.92 Å². The van der Waals surface area contributed by atoms with Crippen LogP contribution in [0.3, 0.4) is 0 Å². The molecular formula is C13H16N3O3S-. The minimum absolute atomic E-state index is 0.0294. The van der Waals surface area contributed by atoms with Crippen LogP contribution in [0.4, 0.5) is 5.69 Å². The van der Waals surface area contributed by atoms with Crippen molar-refractivity contribution in [3.05, 3.63) is 51.1 Å². The summed E-state index contributed by atoms with van der Waals surface area (Å²) < 4.78 is 29.8. The Labute approximate surface area is 117 Å². The first-order valence-corrected chi connectivity index (χ1v) is 7.78. The first kappa shape index (κ1) is 14.4. The van der Waals surface area contributed by atoms with E-state index in [9.17, 15) is 13.2 Å². The smallest absolute Gasteiger partial charge is 0.257 e. The predicted molar refractivity (Wildman–Crippen MR) is 78.2 cm³/mol. The van der Waals surface area contributed by atoms with E-state index in [2.05, 4.69) is 4.72 Å². The maximum atomic E-state index is 12.4. The molecule has 0 unspecified atom stereocenters. The predicted octanol–water partition coefficient (Wildman–Crippen LogP) is 1.84. The maximum absolute atomic E-state index is 12.4. The van der Waals surface area contributed by atoms with E-state index in [-0.39, 0.29) is 11.4 Å². The fraction of sp³-hybridized carbons (Fsp3) is 0.308. The molecule has 2 rings (SSSR count). The van der Waals surface area contributed by atoms with Gasteiger partial charge in [-0.1, -0.05) is 25.1 Å². The molecule has 0 aliphatic heterocycles. The van der Waals surface area contributed by atoms with Crippen LogP contribution in [-0.4, -0.2) is 23.5 Å². The molecule has 0 aliphatic carbocycles. The number of benzene rings is 1. The zero-order valence-corrected chi connectivity index (χ0v) is 12.4. The summed E-state index contributed by atoms with van der Waals surface area (Å²) in [6.07, 6.45) is 0. The molecule has 20 heavy (non-hydrogen) atoms. The van der Waals surface area contributed by atoms with Crippen LogP contribution >= 0.6 is 0 Å². The van der Waals surface area contributed by atoms with Gasteiger partial charge in [0.05, 0.1) is 15.7 Å². The number of hydrogen-bond donors (Lipinski definition) is 0. The Kier molecular flexibility index (Phi) is 3.71. The lowest BCUT2D eigenvalue weighted by Crippen LogP contribution is -2.19. The van der Waals surface area contributed by atoms with Gasteiger partial charge in [-0.3, -0.25) is 9.48 Å². The summed E-state index contributed by atoms with van der Waals surface area (Å²) in [5, 5.41) is 0. The van der Waals surface area contributed by atoms with E-state index in [0.29, 0.717) is 11.4 Å². The summed E-state index contributed by atoms with van der Waals surface area (Å²) in [7, 11) is -1.91. The van der Waals surface area contributed by atoms with Gasteiger partial charge in [-0.05, 0) is 24.7 Å². The van der Waals surface area contributed by atoms with E-state index >= 15 is 0 Å². The summed E-state index contributed by atoms with van der Waals surface area (Å²) in [5.41, 5.74) is 0.709. The Bertz CT molecular complexity index is 773. The molecule has 0 spiro atoms. The molecule has 7 heteroatoms. The van der Waals surface area contributed by atoms with Gasteiger partial charge in [0.2, 0.25) is 0 Å². The van der Waals surface area contributed by atoms with Gasteiger partial charge in [0.25, 0.3) is 5.56 Å². The molecular weight excluding hydrogens is 278 g/mol. The van der Waals surface area contributed by atoms with Gasteiger partial charge in [-0.2, -0.15) is 0 Å². The molecule has 0 fully saturated rings. The Hall–Kier alpha value is -2.02. The maximum Gasteiger partial charge on any atom is 0.257 e. The van der Waals surface area contributed by atoms with Gasteiger partial charge in [0, 0.05) is 18.5 Å². The molecule has 0 saturated heterocycles. The Balaban J connectivity index is 2.62. The number of hydrogen-bond acceptors (Lipinski definition) is 3. The van der Waals surface area contributed by atoms with Gasteiger partial charge in [0.15, 0.2) is 0 Å². The van der Waals surface area contributed by atoms with Crippen LogP contribution in [0.15, 0.2) is 35.1 Å². The van der Waals surface area contributed by atoms with E-state index < -0.39 is 15.6 Å². The second kappa shape index (κ2) is 5.16. The van der Waals surface area contributed by atoms with Crippen LogP contribution in [-0.2, 0) is 17.1 Å². The van der Waals surface area contributed by atoms with Crippen LogP contribution in [0.2, 0.25) is 0 Å². The molecule has 0 aliphatic rings. The molecule has 0 atom stereocenters. The summed E-state index contributed by atoms with van der Waals surface area (Å²) in [4.78, 5) is 12.4. The Morgan fingerprint density at radius 3 is 2.35 bits per heavy atom. The second-order valence-electron chi connectivity index (χ2n) is 4.37. The zero-order chi connectivity index (χ0) is 14.9. The monoisotopic (exact) mass is 294 g/mol. The fourth-order valence-electron chi connectivity index (χ4n) is 1.86. The van der Waals surface area contributed by atoms with E-state index in [1.54, 1.807) is 30.8 Å². The topological polar surface area (TPSA) is 75.2 Å². The third kappa shape index (κ3) is 2.49. The van der Waals surface area contributed by atoms with Gasteiger partial charge in [0.1, 0.15) is 0 Å². The molecule has 2 aromatic rings. The second-order valence-corrected chi connectivity index (χ2v) is 6.30. The summed E-state index contributed by atoms with van der Waals surface area (Å²) in [5.74, 6) is -0.133. The highest BCUT2D eigenvalue weighted by Gasteiger charge is 2.12. The molecule has 1 heterocycles. The van der Waals surface area contributed by atoms with Crippen molar-refractivity contribution in [2.45, 2.75) is 13.8 Å². The molecule has 0 saturated carbocycles. The molecule has 0 bridgehead atoms. The lowest BCUT2D eigenvalue weighted by molar-refractivity contribution is 0.604. The molecule has 1 aromatic carbocycles. The molecule has 108 valence electrons. The van der Waals surface area contributed by atoms with Gasteiger partial charge < -0.3 is 4.72 Å². The van der Waals surface area contributed by atoms with Crippen molar-refractivity contribution in [1.82, 2.24) is 9.36 Å². The van der Waals surface area contributed by atoms with E-state index in [0.717, 1.165) is 0 Å². The van der Waals surface area contributed by atoms with Crippen molar-refractivity contribution in [3.8, 4) is 5.69 Å². The Morgan fingerprint density at radius 2 is 1.80 bits per heavy atom. The number of sulfonamides is 1. The highest BCUT2D eigenvalue weighted by atomic mass is 32.2. The van der Waals surface area contributed by atoms with Gasteiger partial charge in [-0.15, -0.1) is 0 Å². The van der Waals surface area contributed by atoms with Crippen LogP contribution < -0.4 is 5.56 Å². The van der Waals surface area contributed by atoms with Crippen LogP contribution in [0.5, 0.6) is 0 Å². The third-order valence-corrected chi connectivity index (χ3v) is 4.31. The highest BCUT2D eigenvalue weighted by molar-refractivity contribution is 7.94. The number of para-hydroxylation sites is 1. The molecule has 6 nitrogen and oxygen atoms in total. The van der Waals surface area contributed by atoms with Crippen molar-refractivity contribution in [3.63, 3.8) is 0 Å². The summed E-state index contributed by atoms with van der Waals surface area (Å²) >= 11 is 0. The summed E-state index contributed by atoms with van der Waals surface area (Å²) in [6.45, 7) is 3.16.